The quantitative estimate of drug-likeness (QED) is 0.715. The predicted octanol–water partition coefficient (Wildman–Crippen LogP) is 1.72. The van der Waals surface area contributed by atoms with Gasteiger partial charge in [-0.1, -0.05) is 6.92 Å². The van der Waals surface area contributed by atoms with E-state index in [1.807, 2.05) is 6.92 Å². The largest absolute Gasteiger partial charge is 0.467 e. The molecule has 0 aromatic carbocycles. The van der Waals surface area contributed by atoms with Gasteiger partial charge in [0.25, 0.3) is 0 Å². The maximum atomic E-state index is 12.1. The van der Waals surface area contributed by atoms with Crippen molar-refractivity contribution in [2.45, 2.75) is 52.2 Å². The van der Waals surface area contributed by atoms with Gasteiger partial charge in [-0.2, -0.15) is 0 Å². The second kappa shape index (κ2) is 5.59. The normalized spacial score (nSPS) is 23.4. The van der Waals surface area contributed by atoms with Crippen molar-refractivity contribution in [2.24, 2.45) is 5.92 Å². The van der Waals surface area contributed by atoms with Gasteiger partial charge in [-0.25, -0.2) is 14.5 Å². The van der Waals surface area contributed by atoms with Gasteiger partial charge in [0.2, 0.25) is 5.91 Å². The van der Waals surface area contributed by atoms with Crippen LogP contribution in [-0.2, 0) is 19.1 Å². The fourth-order valence-corrected chi connectivity index (χ4v) is 2.03. The third kappa shape index (κ3) is 3.45. The molecule has 1 aliphatic rings. The minimum absolute atomic E-state index is 0.293. The molecule has 1 saturated heterocycles. The van der Waals surface area contributed by atoms with Gasteiger partial charge in [-0.05, 0) is 33.6 Å². The Balaban J connectivity index is 2.95. The molecule has 1 rings (SSSR count). The van der Waals surface area contributed by atoms with Crippen molar-refractivity contribution in [1.82, 2.24) is 4.90 Å². The molecule has 1 fully saturated rings. The minimum Gasteiger partial charge on any atom is -0.467 e. The van der Waals surface area contributed by atoms with Crippen molar-refractivity contribution in [2.75, 3.05) is 7.11 Å². The lowest BCUT2D eigenvalue weighted by atomic mass is 10.0. The first-order valence-electron chi connectivity index (χ1n) is 6.35. The van der Waals surface area contributed by atoms with E-state index in [-0.39, 0.29) is 11.8 Å². The number of rotatable bonds is 2. The Morgan fingerprint density at radius 3 is 2.37 bits per heavy atom. The summed E-state index contributed by atoms with van der Waals surface area (Å²) >= 11 is 0. The van der Waals surface area contributed by atoms with E-state index in [2.05, 4.69) is 4.74 Å². The fraction of sp³-hybridized carbons (Fsp3) is 0.769. The van der Waals surface area contributed by atoms with Crippen LogP contribution in [-0.4, -0.2) is 41.6 Å². The highest BCUT2D eigenvalue weighted by molar-refractivity contribution is 6.00. The number of nitrogens with zero attached hydrogens (tertiary/aromatic N) is 1. The summed E-state index contributed by atoms with van der Waals surface area (Å²) in [5.41, 5.74) is -0.720. The molecule has 2 atom stereocenters. The number of hydrogen-bond donors (Lipinski definition) is 0. The summed E-state index contributed by atoms with van der Waals surface area (Å²) in [7, 11) is 1.24. The number of esters is 1. The molecule has 1 aliphatic heterocycles. The second-order valence-electron chi connectivity index (χ2n) is 5.57. The Labute approximate surface area is 113 Å². The smallest absolute Gasteiger partial charge is 0.417 e. The average Bonchev–Trinajstić information content (AvgIpc) is 2.63. The fourth-order valence-electron chi connectivity index (χ4n) is 2.03. The topological polar surface area (TPSA) is 72.9 Å². The van der Waals surface area contributed by atoms with Crippen LogP contribution >= 0.6 is 0 Å². The molecule has 0 aromatic heterocycles. The standard InChI is InChI=1S/C13H21NO5/c1-6-8-7-9(11(16)18-5)14(10(8)15)12(17)19-13(2,3)4/h8-9H,6-7H2,1-5H3. The Kier molecular flexibility index (Phi) is 4.55. The summed E-state index contributed by atoms with van der Waals surface area (Å²) in [6.45, 7) is 6.96. The maximum absolute atomic E-state index is 12.1. The molecule has 2 unspecified atom stereocenters. The van der Waals surface area contributed by atoms with Crippen molar-refractivity contribution in [3.8, 4) is 0 Å². The molecular weight excluding hydrogens is 250 g/mol. The molecule has 0 radical (unpaired) electrons. The number of carbonyl (C=O) groups excluding carboxylic acids is 3. The third-order valence-electron chi connectivity index (χ3n) is 2.96. The number of likely N-dealkylation sites (tertiary alicyclic amines) is 1. The van der Waals surface area contributed by atoms with Crippen LogP contribution in [0, 0.1) is 5.92 Å². The molecule has 0 aromatic rings. The lowest BCUT2D eigenvalue weighted by Gasteiger charge is -2.26. The van der Waals surface area contributed by atoms with Crippen LogP contribution in [0.2, 0.25) is 0 Å². The monoisotopic (exact) mass is 271 g/mol. The van der Waals surface area contributed by atoms with Gasteiger partial charge < -0.3 is 9.47 Å². The molecule has 0 bridgehead atoms. The first-order chi connectivity index (χ1) is 8.71. The zero-order valence-corrected chi connectivity index (χ0v) is 12.1. The molecule has 19 heavy (non-hydrogen) atoms. The lowest BCUT2D eigenvalue weighted by molar-refractivity contribution is -0.148. The Hall–Kier alpha value is -1.59. The molecule has 6 nitrogen and oxygen atoms in total. The minimum atomic E-state index is -0.878. The highest BCUT2D eigenvalue weighted by Gasteiger charge is 2.47. The maximum Gasteiger partial charge on any atom is 0.417 e. The number of carbonyl (C=O) groups is 3. The van der Waals surface area contributed by atoms with Gasteiger partial charge in [-0.15, -0.1) is 0 Å². The van der Waals surface area contributed by atoms with E-state index in [9.17, 15) is 14.4 Å². The SMILES string of the molecule is CCC1CC(C(=O)OC)N(C(=O)OC(C)(C)C)C1=O. The van der Waals surface area contributed by atoms with Gasteiger partial charge in [0.15, 0.2) is 0 Å². The van der Waals surface area contributed by atoms with Gasteiger partial charge in [0.05, 0.1) is 7.11 Å². The number of hydrogen-bond acceptors (Lipinski definition) is 5. The van der Waals surface area contributed by atoms with Crippen LogP contribution in [0.4, 0.5) is 4.79 Å². The lowest BCUT2D eigenvalue weighted by Crippen LogP contribution is -2.46. The highest BCUT2D eigenvalue weighted by atomic mass is 16.6. The van der Waals surface area contributed by atoms with E-state index in [0.29, 0.717) is 12.8 Å². The van der Waals surface area contributed by atoms with Crippen LogP contribution in [0.1, 0.15) is 40.5 Å². The van der Waals surface area contributed by atoms with E-state index in [4.69, 9.17) is 4.74 Å². The first kappa shape index (κ1) is 15.5. The van der Waals surface area contributed by atoms with Gasteiger partial charge in [-0.3, -0.25) is 4.79 Å². The third-order valence-corrected chi connectivity index (χ3v) is 2.96. The predicted molar refractivity (Wildman–Crippen MR) is 67.3 cm³/mol. The number of amides is 2. The Morgan fingerprint density at radius 2 is 1.95 bits per heavy atom. The summed E-state index contributed by atoms with van der Waals surface area (Å²) < 4.78 is 9.81. The van der Waals surface area contributed by atoms with Crippen molar-refractivity contribution in [3.63, 3.8) is 0 Å². The van der Waals surface area contributed by atoms with Crippen LogP contribution < -0.4 is 0 Å². The average molecular weight is 271 g/mol. The summed E-state index contributed by atoms with van der Waals surface area (Å²) in [4.78, 5) is 36.7. The second-order valence-corrected chi connectivity index (χ2v) is 5.57. The van der Waals surface area contributed by atoms with Crippen LogP contribution in [0.25, 0.3) is 0 Å². The van der Waals surface area contributed by atoms with E-state index in [1.165, 1.54) is 7.11 Å². The first-order valence-corrected chi connectivity index (χ1v) is 6.35. The number of ether oxygens (including phenoxy) is 2. The van der Waals surface area contributed by atoms with E-state index in [1.54, 1.807) is 20.8 Å². The molecule has 2 amide bonds. The van der Waals surface area contributed by atoms with Gasteiger partial charge in [0.1, 0.15) is 11.6 Å². The summed E-state index contributed by atoms with van der Waals surface area (Å²) in [6.07, 6.45) is 0.0798. The van der Waals surface area contributed by atoms with Crippen molar-refractivity contribution in [1.29, 1.82) is 0 Å². The van der Waals surface area contributed by atoms with Crippen molar-refractivity contribution in [3.05, 3.63) is 0 Å². The highest BCUT2D eigenvalue weighted by Crippen LogP contribution is 2.29. The van der Waals surface area contributed by atoms with Gasteiger partial charge in [0, 0.05) is 5.92 Å². The Morgan fingerprint density at radius 1 is 1.37 bits per heavy atom. The summed E-state index contributed by atoms with van der Waals surface area (Å²) in [5, 5.41) is 0. The number of methoxy groups -OCH3 is 1. The Bertz CT molecular complexity index is 385. The molecule has 0 saturated carbocycles. The molecule has 6 heteroatoms. The van der Waals surface area contributed by atoms with Crippen LogP contribution in [0.15, 0.2) is 0 Å². The van der Waals surface area contributed by atoms with Crippen molar-refractivity contribution >= 4 is 18.0 Å². The summed E-state index contributed by atoms with van der Waals surface area (Å²) in [5.74, 6) is -1.29. The molecule has 108 valence electrons. The van der Waals surface area contributed by atoms with Crippen molar-refractivity contribution < 1.29 is 23.9 Å². The molecular formula is C13H21NO5. The van der Waals surface area contributed by atoms with Crippen LogP contribution in [0.5, 0.6) is 0 Å². The molecule has 1 heterocycles. The van der Waals surface area contributed by atoms with E-state index >= 15 is 0 Å². The van der Waals surface area contributed by atoms with Crippen LogP contribution in [0.3, 0.4) is 0 Å². The molecule has 0 spiro atoms. The van der Waals surface area contributed by atoms with E-state index < -0.39 is 23.7 Å². The van der Waals surface area contributed by atoms with Gasteiger partial charge >= 0.3 is 12.1 Å². The zero-order chi connectivity index (χ0) is 14.8. The molecule has 0 N–H and O–H groups in total. The number of imide groups is 1. The summed E-state index contributed by atoms with van der Waals surface area (Å²) in [6, 6.07) is -0.878. The van der Waals surface area contributed by atoms with E-state index in [0.717, 1.165) is 4.90 Å². The molecule has 0 aliphatic carbocycles. The zero-order valence-electron chi connectivity index (χ0n) is 12.1.